The van der Waals surface area contributed by atoms with Crippen molar-refractivity contribution in [2.75, 3.05) is 13.1 Å². The summed E-state index contributed by atoms with van der Waals surface area (Å²) in [6, 6.07) is 19.4. The van der Waals surface area contributed by atoms with Crippen LogP contribution in [0.5, 0.6) is 0 Å². The molecule has 3 heterocycles. The number of hydrogen-bond donors (Lipinski definition) is 2. The highest BCUT2D eigenvalue weighted by Gasteiger charge is 2.37. The quantitative estimate of drug-likeness (QED) is 0.493. The summed E-state index contributed by atoms with van der Waals surface area (Å²) >= 11 is 0. The number of nitrogens with two attached hydrogens (primary N) is 1. The number of amides is 1. The number of nitrogens with zero attached hydrogens (tertiary/aromatic N) is 3. The van der Waals surface area contributed by atoms with E-state index in [4.69, 9.17) is 5.73 Å². The first-order valence-electron chi connectivity index (χ1n) is 11.8. The summed E-state index contributed by atoms with van der Waals surface area (Å²) in [6.07, 6.45) is 4.80. The van der Waals surface area contributed by atoms with Crippen molar-refractivity contribution in [3.63, 3.8) is 0 Å². The fourth-order valence-electron chi connectivity index (χ4n) is 5.84. The Balaban J connectivity index is 1.20. The smallest absolute Gasteiger partial charge is 0.269 e. The number of benzene rings is 2. The summed E-state index contributed by atoms with van der Waals surface area (Å²) in [5.74, 6) is 1.96. The van der Waals surface area contributed by atoms with E-state index in [1.807, 2.05) is 13.0 Å². The summed E-state index contributed by atoms with van der Waals surface area (Å²) in [7, 11) is 0. The highest BCUT2D eigenvalue weighted by molar-refractivity contribution is 5.91. The fourth-order valence-corrected chi connectivity index (χ4v) is 5.84. The Labute approximate surface area is 193 Å². The van der Waals surface area contributed by atoms with Gasteiger partial charge in [0.25, 0.3) is 5.91 Å². The Bertz CT molecular complexity index is 1320. The molecule has 2 aromatic heterocycles. The van der Waals surface area contributed by atoms with Crippen LogP contribution in [-0.4, -0.2) is 33.3 Å². The van der Waals surface area contributed by atoms with E-state index in [0.717, 1.165) is 41.1 Å². The second kappa shape index (κ2) is 7.89. The minimum atomic E-state index is -0.511. The first-order chi connectivity index (χ1) is 16.0. The van der Waals surface area contributed by atoms with Crippen LogP contribution in [-0.2, 0) is 6.54 Å². The highest BCUT2D eigenvalue weighted by atomic mass is 16.1. The second-order valence-electron chi connectivity index (χ2n) is 9.72. The van der Waals surface area contributed by atoms with Crippen LogP contribution in [0.25, 0.3) is 16.6 Å². The minimum Gasteiger partial charge on any atom is -0.364 e. The van der Waals surface area contributed by atoms with Gasteiger partial charge in [-0.2, -0.15) is 5.10 Å². The lowest BCUT2D eigenvalue weighted by Crippen LogP contribution is -2.12. The lowest BCUT2D eigenvalue weighted by Gasteiger charge is -2.13. The van der Waals surface area contributed by atoms with Gasteiger partial charge in [-0.25, -0.2) is 4.68 Å². The van der Waals surface area contributed by atoms with Gasteiger partial charge in [0.15, 0.2) is 5.69 Å². The molecule has 2 aromatic carbocycles. The Morgan fingerprint density at radius 2 is 1.82 bits per heavy atom. The molecule has 6 nitrogen and oxygen atoms in total. The van der Waals surface area contributed by atoms with Crippen LogP contribution in [0.1, 0.15) is 46.1 Å². The van der Waals surface area contributed by atoms with E-state index < -0.39 is 5.91 Å². The van der Waals surface area contributed by atoms with Crippen molar-refractivity contribution < 1.29 is 4.79 Å². The van der Waals surface area contributed by atoms with Crippen molar-refractivity contribution in [2.45, 2.75) is 32.2 Å². The van der Waals surface area contributed by atoms with Gasteiger partial charge in [0, 0.05) is 29.3 Å². The van der Waals surface area contributed by atoms with Gasteiger partial charge < -0.3 is 15.6 Å². The van der Waals surface area contributed by atoms with E-state index in [-0.39, 0.29) is 5.69 Å². The predicted octanol–water partition coefficient (Wildman–Crippen LogP) is 4.00. The number of hydrogen-bond acceptors (Lipinski definition) is 3. The van der Waals surface area contributed by atoms with Gasteiger partial charge in [-0.05, 0) is 92.1 Å². The number of fused-ring (bicyclic) bond motifs is 2. The van der Waals surface area contributed by atoms with Gasteiger partial charge >= 0.3 is 0 Å². The maximum Gasteiger partial charge on any atom is 0.269 e. The maximum absolute atomic E-state index is 11.5. The van der Waals surface area contributed by atoms with Crippen LogP contribution in [0.2, 0.25) is 0 Å². The second-order valence-corrected chi connectivity index (χ2v) is 9.72. The normalized spacial score (nSPS) is 22.2. The molecule has 2 unspecified atom stereocenters. The molecular weight excluding hydrogens is 410 g/mol. The maximum atomic E-state index is 11.5. The molecule has 2 atom stereocenters. The third kappa shape index (κ3) is 3.64. The molecule has 2 fully saturated rings. The van der Waals surface area contributed by atoms with Crippen molar-refractivity contribution in [1.82, 2.24) is 19.7 Å². The molecule has 1 saturated heterocycles. The van der Waals surface area contributed by atoms with Crippen molar-refractivity contribution in [3.05, 3.63) is 83.3 Å². The van der Waals surface area contributed by atoms with E-state index in [0.29, 0.717) is 0 Å². The van der Waals surface area contributed by atoms with Crippen LogP contribution < -0.4 is 11.1 Å². The molecule has 6 heteroatoms. The van der Waals surface area contributed by atoms with Crippen LogP contribution in [0.15, 0.2) is 60.8 Å². The molecule has 1 aliphatic carbocycles. The lowest BCUT2D eigenvalue weighted by molar-refractivity contribution is 0.0995. The summed E-state index contributed by atoms with van der Waals surface area (Å²) in [6.45, 7) is 5.17. The molecule has 0 radical (unpaired) electrons. The SMILES string of the molecule is Cc1cc(C(N)=O)nn1-c1ccc2c(ccn2Cc2ccc(C3CC4CNCC4C3)cc2)c1. The summed E-state index contributed by atoms with van der Waals surface area (Å²) in [4.78, 5) is 11.5. The molecule has 3 N–H and O–H groups in total. The Morgan fingerprint density at radius 3 is 2.52 bits per heavy atom. The molecule has 1 amide bonds. The molecule has 33 heavy (non-hydrogen) atoms. The molecule has 4 aromatic rings. The van der Waals surface area contributed by atoms with Gasteiger partial charge in [0.05, 0.1) is 5.69 Å². The number of aryl methyl sites for hydroxylation is 1. The number of carbonyl (C=O) groups excluding carboxylic acids is 1. The molecular formula is C27H29N5O. The van der Waals surface area contributed by atoms with Crippen molar-refractivity contribution in [3.8, 4) is 5.69 Å². The van der Waals surface area contributed by atoms with Gasteiger partial charge in [0.2, 0.25) is 0 Å². The van der Waals surface area contributed by atoms with Gasteiger partial charge in [-0.1, -0.05) is 24.3 Å². The lowest BCUT2D eigenvalue weighted by atomic mass is 9.95. The Hall–Kier alpha value is -3.38. The zero-order valence-electron chi connectivity index (χ0n) is 18.9. The minimum absolute atomic E-state index is 0.283. The summed E-state index contributed by atoms with van der Waals surface area (Å²) < 4.78 is 4.05. The van der Waals surface area contributed by atoms with Crippen molar-refractivity contribution >= 4 is 16.8 Å². The van der Waals surface area contributed by atoms with E-state index in [1.165, 1.54) is 42.6 Å². The fraction of sp³-hybridized carbons (Fsp3) is 0.333. The zero-order chi connectivity index (χ0) is 22.5. The van der Waals surface area contributed by atoms with Crippen LogP contribution in [0.4, 0.5) is 0 Å². The average molecular weight is 440 g/mol. The molecule has 0 bridgehead atoms. The third-order valence-electron chi connectivity index (χ3n) is 7.60. The van der Waals surface area contributed by atoms with Gasteiger partial charge in [-0.3, -0.25) is 4.79 Å². The molecule has 168 valence electrons. The van der Waals surface area contributed by atoms with Crippen LogP contribution in [0.3, 0.4) is 0 Å². The largest absolute Gasteiger partial charge is 0.364 e. The number of rotatable bonds is 5. The van der Waals surface area contributed by atoms with E-state index in [2.05, 4.69) is 63.6 Å². The first-order valence-corrected chi connectivity index (χ1v) is 11.8. The predicted molar refractivity (Wildman–Crippen MR) is 130 cm³/mol. The first kappa shape index (κ1) is 20.2. The van der Waals surface area contributed by atoms with Crippen molar-refractivity contribution in [2.24, 2.45) is 17.6 Å². The standard InChI is InChI=1S/C27H29N5O/c1-17-10-25(27(28)33)30-32(17)24-6-7-26-20(13-24)8-9-31(26)16-18-2-4-19(5-3-18)21-11-22-14-29-15-23(22)12-21/h2-10,13,21-23,29H,11-12,14-16H2,1H3,(H2,28,33). The Kier molecular flexibility index (Phi) is 4.84. The average Bonchev–Trinajstić information content (AvgIpc) is 3.57. The summed E-state index contributed by atoms with van der Waals surface area (Å²) in [5.41, 5.74) is 11.5. The van der Waals surface area contributed by atoms with Gasteiger partial charge in [0.1, 0.15) is 0 Å². The van der Waals surface area contributed by atoms with Gasteiger partial charge in [-0.15, -0.1) is 0 Å². The zero-order valence-corrected chi connectivity index (χ0v) is 18.9. The van der Waals surface area contributed by atoms with E-state index in [9.17, 15) is 4.79 Å². The van der Waals surface area contributed by atoms with Crippen LogP contribution >= 0.6 is 0 Å². The van der Waals surface area contributed by atoms with Crippen molar-refractivity contribution in [1.29, 1.82) is 0 Å². The van der Waals surface area contributed by atoms with E-state index >= 15 is 0 Å². The highest BCUT2D eigenvalue weighted by Crippen LogP contribution is 2.43. The molecule has 0 spiro atoms. The number of nitrogens with one attached hydrogen (secondary N) is 1. The number of primary amides is 1. The third-order valence-corrected chi connectivity index (χ3v) is 7.60. The summed E-state index contributed by atoms with van der Waals surface area (Å²) in [5, 5.41) is 9.04. The molecule has 1 aliphatic heterocycles. The molecule has 6 rings (SSSR count). The molecule has 1 saturated carbocycles. The van der Waals surface area contributed by atoms with E-state index in [1.54, 1.807) is 10.7 Å². The topological polar surface area (TPSA) is 77.9 Å². The Morgan fingerprint density at radius 1 is 1.06 bits per heavy atom. The van der Waals surface area contributed by atoms with Crippen LogP contribution in [0, 0.1) is 18.8 Å². The number of carbonyl (C=O) groups is 1. The number of aromatic nitrogens is 3. The molecule has 2 aliphatic rings. The monoisotopic (exact) mass is 439 g/mol.